The normalized spacial score (nSPS) is 10.0. The highest BCUT2D eigenvalue weighted by Gasteiger charge is 2.19. The number of aryl methyl sites for hydroxylation is 2. The molecule has 0 aromatic heterocycles. The van der Waals surface area contributed by atoms with Crippen LogP contribution in [0.2, 0.25) is 0 Å². The van der Waals surface area contributed by atoms with Gasteiger partial charge in [-0.3, -0.25) is 4.79 Å². The lowest BCUT2D eigenvalue weighted by Crippen LogP contribution is -2.18. The molecule has 0 aliphatic heterocycles. The van der Waals surface area contributed by atoms with Crippen molar-refractivity contribution >= 4 is 29.2 Å². The van der Waals surface area contributed by atoms with Crippen LogP contribution in [0.3, 0.4) is 0 Å². The van der Waals surface area contributed by atoms with Crippen LogP contribution in [0.15, 0.2) is 54.6 Å². The molecular weight excluding hydrogens is 408 g/mol. The van der Waals surface area contributed by atoms with Gasteiger partial charge >= 0.3 is 11.9 Å². The molecule has 3 rings (SSSR count). The fourth-order valence-electron chi connectivity index (χ4n) is 2.90. The molecule has 3 aromatic rings. The summed E-state index contributed by atoms with van der Waals surface area (Å²) in [6.07, 6.45) is 0. The number of carbonyl (C=O) groups excluding carboxylic acids is 1. The predicted molar refractivity (Wildman–Crippen MR) is 125 cm³/mol. The first-order valence-corrected chi connectivity index (χ1v) is 9.82. The predicted octanol–water partition coefficient (Wildman–Crippen LogP) is 4.84. The highest BCUT2D eigenvalue weighted by atomic mass is 16.4. The molecule has 3 aromatic carbocycles. The van der Waals surface area contributed by atoms with Crippen molar-refractivity contribution in [3.8, 4) is 0 Å². The molecule has 32 heavy (non-hydrogen) atoms. The van der Waals surface area contributed by atoms with E-state index in [0.717, 1.165) is 22.9 Å². The number of amides is 1. The SMILES string of the molecule is Cc1cccc(N)c1C.Cc1cccc(NC(=O)c2ccc(C(=O)O)cc2C(=O)O)c1C. The van der Waals surface area contributed by atoms with Gasteiger partial charge in [-0.15, -0.1) is 0 Å². The zero-order valence-corrected chi connectivity index (χ0v) is 18.4. The Hall–Kier alpha value is -4.13. The van der Waals surface area contributed by atoms with Crippen LogP contribution in [0.25, 0.3) is 0 Å². The molecule has 0 radical (unpaired) electrons. The van der Waals surface area contributed by atoms with Gasteiger partial charge in [-0.25, -0.2) is 9.59 Å². The number of carbonyl (C=O) groups is 3. The van der Waals surface area contributed by atoms with Gasteiger partial charge < -0.3 is 21.3 Å². The number of benzene rings is 3. The van der Waals surface area contributed by atoms with Crippen LogP contribution in [-0.4, -0.2) is 28.1 Å². The van der Waals surface area contributed by atoms with Crippen molar-refractivity contribution < 1.29 is 24.6 Å². The van der Waals surface area contributed by atoms with Gasteiger partial charge in [-0.05, 0) is 80.3 Å². The molecule has 7 heteroatoms. The summed E-state index contributed by atoms with van der Waals surface area (Å²) in [5.41, 5.74) is 10.8. The van der Waals surface area contributed by atoms with Crippen molar-refractivity contribution in [1.29, 1.82) is 0 Å². The Morgan fingerprint density at radius 2 is 1.34 bits per heavy atom. The number of aromatic carboxylic acids is 2. The number of carboxylic acids is 2. The molecule has 5 N–H and O–H groups in total. The molecule has 0 saturated carbocycles. The minimum Gasteiger partial charge on any atom is -0.478 e. The molecule has 1 amide bonds. The largest absolute Gasteiger partial charge is 0.478 e. The summed E-state index contributed by atoms with van der Waals surface area (Å²) in [7, 11) is 0. The third-order valence-corrected chi connectivity index (χ3v) is 5.24. The number of carboxylic acid groups (broad SMARTS) is 2. The molecule has 0 bridgehead atoms. The topological polar surface area (TPSA) is 130 Å². The van der Waals surface area contributed by atoms with Crippen molar-refractivity contribution in [1.82, 2.24) is 0 Å². The maximum absolute atomic E-state index is 12.4. The lowest BCUT2D eigenvalue weighted by Gasteiger charge is -2.12. The van der Waals surface area contributed by atoms with Crippen LogP contribution in [0, 0.1) is 27.7 Å². The first-order valence-electron chi connectivity index (χ1n) is 9.82. The van der Waals surface area contributed by atoms with E-state index in [2.05, 4.69) is 18.3 Å². The van der Waals surface area contributed by atoms with Gasteiger partial charge in [0, 0.05) is 11.4 Å². The zero-order valence-electron chi connectivity index (χ0n) is 18.4. The molecule has 0 unspecified atom stereocenters. The van der Waals surface area contributed by atoms with Crippen molar-refractivity contribution in [3.05, 3.63) is 93.5 Å². The van der Waals surface area contributed by atoms with Crippen LogP contribution >= 0.6 is 0 Å². The molecule has 0 heterocycles. The smallest absolute Gasteiger partial charge is 0.336 e. The van der Waals surface area contributed by atoms with E-state index < -0.39 is 17.8 Å². The third kappa shape index (κ3) is 5.72. The van der Waals surface area contributed by atoms with Crippen LogP contribution in [0.5, 0.6) is 0 Å². The molecule has 0 saturated heterocycles. The monoisotopic (exact) mass is 434 g/mol. The second-order valence-electron chi connectivity index (χ2n) is 7.36. The number of anilines is 2. The van der Waals surface area contributed by atoms with Gasteiger partial charge in [0.1, 0.15) is 0 Å². The summed E-state index contributed by atoms with van der Waals surface area (Å²) in [4.78, 5) is 34.6. The van der Waals surface area contributed by atoms with E-state index in [1.165, 1.54) is 23.3 Å². The highest BCUT2D eigenvalue weighted by Crippen LogP contribution is 2.20. The third-order valence-electron chi connectivity index (χ3n) is 5.24. The van der Waals surface area contributed by atoms with E-state index in [-0.39, 0.29) is 16.7 Å². The van der Waals surface area contributed by atoms with Gasteiger partial charge in [-0.2, -0.15) is 0 Å². The van der Waals surface area contributed by atoms with Crippen molar-refractivity contribution in [3.63, 3.8) is 0 Å². The van der Waals surface area contributed by atoms with Gasteiger partial charge in [0.15, 0.2) is 0 Å². The minimum absolute atomic E-state index is 0.0941. The minimum atomic E-state index is -1.36. The Morgan fingerprint density at radius 1 is 0.750 bits per heavy atom. The Kier molecular flexibility index (Phi) is 7.74. The van der Waals surface area contributed by atoms with Crippen molar-refractivity contribution in [2.45, 2.75) is 27.7 Å². The Labute approximate surface area is 186 Å². The molecule has 166 valence electrons. The number of nitrogens with one attached hydrogen (secondary N) is 1. The van der Waals surface area contributed by atoms with Crippen LogP contribution < -0.4 is 11.1 Å². The van der Waals surface area contributed by atoms with Gasteiger partial charge in [0.2, 0.25) is 0 Å². The first-order chi connectivity index (χ1) is 15.0. The summed E-state index contributed by atoms with van der Waals surface area (Å²) in [6.45, 7) is 7.84. The highest BCUT2D eigenvalue weighted by molar-refractivity contribution is 6.11. The van der Waals surface area contributed by atoms with Crippen LogP contribution in [0.1, 0.15) is 53.3 Å². The molecule has 0 spiro atoms. The first kappa shape index (κ1) is 24.1. The fourth-order valence-corrected chi connectivity index (χ4v) is 2.90. The van der Waals surface area contributed by atoms with E-state index in [1.54, 1.807) is 12.1 Å². The lowest BCUT2D eigenvalue weighted by molar-refractivity contribution is 0.0692. The summed E-state index contributed by atoms with van der Waals surface area (Å²) < 4.78 is 0. The average molecular weight is 434 g/mol. The molecule has 7 nitrogen and oxygen atoms in total. The number of hydrogen-bond donors (Lipinski definition) is 4. The Balaban J connectivity index is 0.000000336. The maximum Gasteiger partial charge on any atom is 0.336 e. The number of hydrogen-bond acceptors (Lipinski definition) is 4. The van der Waals surface area contributed by atoms with Gasteiger partial charge in [-0.1, -0.05) is 24.3 Å². The van der Waals surface area contributed by atoms with Gasteiger partial charge in [0.05, 0.1) is 16.7 Å². The van der Waals surface area contributed by atoms with Crippen LogP contribution in [0.4, 0.5) is 11.4 Å². The lowest BCUT2D eigenvalue weighted by atomic mass is 10.0. The van der Waals surface area contributed by atoms with E-state index in [9.17, 15) is 19.5 Å². The number of rotatable bonds is 4. The quantitative estimate of drug-likeness (QED) is 0.435. The Bertz CT molecular complexity index is 1160. The second kappa shape index (κ2) is 10.3. The Morgan fingerprint density at radius 3 is 1.88 bits per heavy atom. The standard InChI is InChI=1S/C17H15NO5.C8H11N/c1-9-4-3-5-14(10(9)2)18-15(19)12-7-6-11(16(20)21)8-13(12)17(22)23;1-6-4-3-5-8(9)7(6)2/h3-8H,1-2H3,(H,18,19)(H,20,21)(H,22,23);3-5H,9H2,1-2H3. The summed E-state index contributed by atoms with van der Waals surface area (Å²) >= 11 is 0. The zero-order chi connectivity index (χ0) is 24.0. The average Bonchev–Trinajstić information content (AvgIpc) is 2.75. The van der Waals surface area contributed by atoms with Crippen LogP contribution in [-0.2, 0) is 0 Å². The number of nitrogen functional groups attached to an aromatic ring is 1. The van der Waals surface area contributed by atoms with E-state index in [1.807, 2.05) is 39.0 Å². The summed E-state index contributed by atoms with van der Waals surface area (Å²) in [5.74, 6) is -3.22. The van der Waals surface area contributed by atoms with E-state index >= 15 is 0 Å². The summed E-state index contributed by atoms with van der Waals surface area (Å²) in [6, 6.07) is 14.7. The van der Waals surface area contributed by atoms with E-state index in [0.29, 0.717) is 5.69 Å². The van der Waals surface area contributed by atoms with E-state index in [4.69, 9.17) is 10.8 Å². The number of nitrogens with two attached hydrogens (primary N) is 1. The molecule has 0 atom stereocenters. The molecule has 0 aliphatic rings. The maximum atomic E-state index is 12.4. The summed E-state index contributed by atoms with van der Waals surface area (Å²) in [5, 5.41) is 20.8. The molecule has 0 aliphatic carbocycles. The van der Waals surface area contributed by atoms with Crippen molar-refractivity contribution in [2.24, 2.45) is 0 Å². The second-order valence-corrected chi connectivity index (χ2v) is 7.36. The van der Waals surface area contributed by atoms with Gasteiger partial charge in [0.25, 0.3) is 5.91 Å². The van der Waals surface area contributed by atoms with Crippen molar-refractivity contribution in [2.75, 3.05) is 11.1 Å². The fraction of sp³-hybridized carbons (Fsp3) is 0.160. The molecular formula is C25H26N2O5. The molecule has 0 fully saturated rings.